The maximum atomic E-state index is 12.5. The van der Waals surface area contributed by atoms with Crippen molar-refractivity contribution in [3.63, 3.8) is 0 Å². The van der Waals surface area contributed by atoms with Crippen LogP contribution in [0.5, 0.6) is 5.75 Å². The lowest BCUT2D eigenvalue weighted by molar-refractivity contribution is -0.205. The molecular formula is C22H33Cl2N3O4. The summed E-state index contributed by atoms with van der Waals surface area (Å²) in [5, 5.41) is 1.04. The normalized spacial score (nSPS) is 21.1. The summed E-state index contributed by atoms with van der Waals surface area (Å²) in [5.74, 6) is 0.569. The highest BCUT2D eigenvalue weighted by Crippen LogP contribution is 2.46. The number of hydrogen-bond acceptors (Lipinski definition) is 6. The molecule has 2 aliphatic heterocycles. The van der Waals surface area contributed by atoms with E-state index in [2.05, 4.69) is 15.9 Å². The molecule has 0 atom stereocenters. The molecule has 9 heteroatoms. The summed E-state index contributed by atoms with van der Waals surface area (Å²) in [7, 11) is 1.70. The summed E-state index contributed by atoms with van der Waals surface area (Å²) in [4.78, 5) is 35.2. The summed E-state index contributed by atoms with van der Waals surface area (Å²) in [6.45, 7) is 4.70. The zero-order valence-corrected chi connectivity index (χ0v) is 19.7. The second-order valence-corrected chi connectivity index (χ2v) is 8.48. The Morgan fingerprint density at radius 3 is 2.16 bits per heavy atom. The number of benzene rings is 1. The predicted octanol–water partition coefficient (Wildman–Crippen LogP) is 3.30. The number of amides is 2. The third-order valence-corrected chi connectivity index (χ3v) is 6.60. The number of methoxy groups -OCH3 is 1. The molecule has 2 heterocycles. The molecule has 31 heavy (non-hydrogen) atoms. The van der Waals surface area contributed by atoms with E-state index in [0.29, 0.717) is 26.0 Å². The highest BCUT2D eigenvalue weighted by Gasteiger charge is 2.45. The number of carbonyl (C=O) groups is 2. The van der Waals surface area contributed by atoms with Crippen LogP contribution in [0.25, 0.3) is 0 Å². The molecule has 4 rings (SSSR count). The van der Waals surface area contributed by atoms with Crippen LogP contribution in [-0.4, -0.2) is 68.2 Å². The first-order valence-corrected chi connectivity index (χ1v) is 10.7. The van der Waals surface area contributed by atoms with Gasteiger partial charge in [-0.2, -0.15) is 5.06 Å². The third kappa shape index (κ3) is 5.83. The van der Waals surface area contributed by atoms with E-state index in [1.165, 1.54) is 0 Å². The van der Waals surface area contributed by atoms with Gasteiger partial charge >= 0.3 is 0 Å². The molecule has 3 aliphatic rings. The molecule has 0 N–H and O–H groups in total. The number of rotatable bonds is 6. The lowest BCUT2D eigenvalue weighted by Gasteiger charge is -2.38. The van der Waals surface area contributed by atoms with Crippen LogP contribution in [0.2, 0.25) is 0 Å². The molecule has 1 saturated carbocycles. The van der Waals surface area contributed by atoms with Crippen LogP contribution in [0.4, 0.5) is 5.69 Å². The summed E-state index contributed by atoms with van der Waals surface area (Å²) < 4.78 is 5.47. The number of ether oxygens (including phenoxy) is 1. The number of piperazine rings is 1. The van der Waals surface area contributed by atoms with Crippen molar-refractivity contribution < 1.29 is 19.2 Å². The molecule has 0 radical (unpaired) electrons. The highest BCUT2D eigenvalue weighted by molar-refractivity contribution is 5.97. The first kappa shape index (κ1) is 25.7. The topological polar surface area (TPSA) is 62.3 Å². The van der Waals surface area contributed by atoms with E-state index in [1.807, 2.05) is 18.2 Å². The van der Waals surface area contributed by atoms with Gasteiger partial charge in [0.25, 0.3) is 11.8 Å². The second kappa shape index (κ2) is 11.4. The van der Waals surface area contributed by atoms with Crippen molar-refractivity contribution in [1.29, 1.82) is 0 Å². The molecule has 0 aromatic heterocycles. The SMILES string of the molecule is COc1ccccc1N1CCN(CCON2C(=O)CC3(CCCC3)CC2=O)CC1.Cl.Cl. The Morgan fingerprint density at radius 1 is 0.935 bits per heavy atom. The van der Waals surface area contributed by atoms with Crippen molar-refractivity contribution in [2.24, 2.45) is 5.41 Å². The maximum Gasteiger partial charge on any atom is 0.254 e. The molecule has 2 amide bonds. The van der Waals surface area contributed by atoms with E-state index in [-0.39, 0.29) is 42.0 Å². The van der Waals surface area contributed by atoms with E-state index in [1.54, 1.807) is 7.11 Å². The van der Waals surface area contributed by atoms with Crippen LogP contribution in [0.15, 0.2) is 24.3 Å². The summed E-state index contributed by atoms with van der Waals surface area (Å²) in [6, 6.07) is 8.08. The number of nitrogens with zero attached hydrogens (tertiary/aromatic N) is 3. The fourth-order valence-corrected chi connectivity index (χ4v) is 4.97. The van der Waals surface area contributed by atoms with Gasteiger partial charge in [-0.15, -0.1) is 24.8 Å². The number of halogens is 2. The number of hydroxylamine groups is 2. The molecule has 7 nitrogen and oxygen atoms in total. The summed E-state index contributed by atoms with van der Waals surface area (Å²) >= 11 is 0. The number of para-hydroxylation sites is 2. The zero-order chi connectivity index (χ0) is 20.3. The first-order valence-electron chi connectivity index (χ1n) is 10.7. The van der Waals surface area contributed by atoms with Crippen molar-refractivity contribution in [1.82, 2.24) is 9.96 Å². The van der Waals surface area contributed by atoms with Crippen molar-refractivity contribution in [3.8, 4) is 5.75 Å². The quantitative estimate of drug-likeness (QED) is 0.590. The number of anilines is 1. The van der Waals surface area contributed by atoms with E-state index in [0.717, 1.165) is 68.4 Å². The number of carbonyl (C=O) groups excluding carboxylic acids is 2. The van der Waals surface area contributed by atoms with Crippen molar-refractivity contribution in [2.75, 3.05) is 51.3 Å². The van der Waals surface area contributed by atoms with Gasteiger partial charge in [0.2, 0.25) is 0 Å². The van der Waals surface area contributed by atoms with Gasteiger partial charge in [0.1, 0.15) is 5.75 Å². The minimum atomic E-state index is -0.163. The number of piperidine rings is 1. The molecule has 2 saturated heterocycles. The average molecular weight is 474 g/mol. The van der Waals surface area contributed by atoms with E-state index in [9.17, 15) is 9.59 Å². The van der Waals surface area contributed by atoms with Gasteiger partial charge in [0.05, 0.1) is 19.4 Å². The first-order chi connectivity index (χ1) is 14.1. The maximum absolute atomic E-state index is 12.5. The zero-order valence-electron chi connectivity index (χ0n) is 18.1. The second-order valence-electron chi connectivity index (χ2n) is 8.48. The third-order valence-electron chi connectivity index (χ3n) is 6.60. The summed E-state index contributed by atoms with van der Waals surface area (Å²) in [6.07, 6.45) is 5.15. The van der Waals surface area contributed by atoms with Crippen molar-refractivity contribution >= 4 is 42.3 Å². The van der Waals surface area contributed by atoms with Crippen LogP contribution in [-0.2, 0) is 14.4 Å². The van der Waals surface area contributed by atoms with Gasteiger partial charge in [-0.25, -0.2) is 0 Å². The standard InChI is InChI=1S/C22H31N3O4.2ClH/c1-28-19-7-3-2-6-18(19)24-12-10-23(11-13-24)14-15-29-25-20(26)16-22(17-21(25)27)8-4-5-9-22;;/h2-3,6-7H,4-5,8-17H2,1H3;2*1H. The van der Waals surface area contributed by atoms with E-state index >= 15 is 0 Å². The van der Waals surface area contributed by atoms with Crippen molar-refractivity contribution in [3.05, 3.63) is 24.3 Å². The number of imide groups is 1. The van der Waals surface area contributed by atoms with Crippen LogP contribution < -0.4 is 9.64 Å². The highest BCUT2D eigenvalue weighted by atomic mass is 35.5. The Balaban J connectivity index is 0.00000171. The van der Waals surface area contributed by atoms with Crippen LogP contribution in [0.3, 0.4) is 0 Å². The fourth-order valence-electron chi connectivity index (χ4n) is 4.97. The molecule has 1 spiro atoms. The molecule has 0 unspecified atom stereocenters. The van der Waals surface area contributed by atoms with Crippen molar-refractivity contribution in [2.45, 2.75) is 38.5 Å². The van der Waals surface area contributed by atoms with Gasteiger partial charge in [0.15, 0.2) is 0 Å². The smallest absolute Gasteiger partial charge is 0.254 e. The monoisotopic (exact) mass is 473 g/mol. The van der Waals surface area contributed by atoms with E-state index in [4.69, 9.17) is 9.57 Å². The molecule has 3 fully saturated rings. The lowest BCUT2D eigenvalue weighted by Crippen LogP contribution is -2.50. The van der Waals surface area contributed by atoms with Crippen LogP contribution in [0, 0.1) is 5.41 Å². The Labute approximate surface area is 196 Å². The molecule has 1 aliphatic carbocycles. The van der Waals surface area contributed by atoms with Gasteiger partial charge in [-0.3, -0.25) is 19.3 Å². The van der Waals surface area contributed by atoms with Gasteiger partial charge in [0, 0.05) is 45.6 Å². The Hall–Kier alpha value is -1.54. The molecule has 0 bridgehead atoms. The largest absolute Gasteiger partial charge is 0.495 e. The minimum absolute atomic E-state index is 0. The van der Waals surface area contributed by atoms with Gasteiger partial charge in [-0.1, -0.05) is 25.0 Å². The van der Waals surface area contributed by atoms with Crippen LogP contribution >= 0.6 is 24.8 Å². The van der Waals surface area contributed by atoms with E-state index < -0.39 is 0 Å². The predicted molar refractivity (Wildman–Crippen MR) is 124 cm³/mol. The molecule has 1 aromatic rings. The minimum Gasteiger partial charge on any atom is -0.495 e. The fraction of sp³-hybridized carbons (Fsp3) is 0.636. The molecule has 1 aromatic carbocycles. The Morgan fingerprint density at radius 2 is 1.55 bits per heavy atom. The molecule has 174 valence electrons. The molecular weight excluding hydrogens is 441 g/mol. The van der Waals surface area contributed by atoms with Gasteiger partial charge < -0.3 is 9.64 Å². The number of hydrogen-bond donors (Lipinski definition) is 0. The Bertz CT molecular complexity index is 730. The van der Waals surface area contributed by atoms with Gasteiger partial charge in [-0.05, 0) is 30.4 Å². The summed E-state index contributed by atoms with van der Waals surface area (Å²) in [5.41, 5.74) is 1.04. The van der Waals surface area contributed by atoms with Crippen LogP contribution in [0.1, 0.15) is 38.5 Å². The average Bonchev–Trinajstić information content (AvgIpc) is 3.17. The Kier molecular flexibility index (Phi) is 9.43. The lowest BCUT2D eigenvalue weighted by atomic mass is 9.77.